The SMILES string of the molecule is CC(=O)OC(=O)CNC(=O)[C@@H](Nc1cccc(C(F)(F)F)c1)C(C)C. The van der Waals surface area contributed by atoms with Gasteiger partial charge >= 0.3 is 18.1 Å². The molecule has 1 rings (SSSR count). The van der Waals surface area contributed by atoms with E-state index < -0.39 is 42.2 Å². The highest BCUT2D eigenvalue weighted by molar-refractivity contribution is 5.90. The maximum absolute atomic E-state index is 12.8. The van der Waals surface area contributed by atoms with E-state index in [1.165, 1.54) is 12.1 Å². The molecule has 2 N–H and O–H groups in total. The molecule has 0 saturated carbocycles. The van der Waals surface area contributed by atoms with Crippen LogP contribution in [-0.2, 0) is 25.3 Å². The Kier molecular flexibility index (Phi) is 6.96. The summed E-state index contributed by atoms with van der Waals surface area (Å²) in [5.74, 6) is -2.62. The molecule has 25 heavy (non-hydrogen) atoms. The smallest absolute Gasteiger partial charge is 0.392 e. The lowest BCUT2D eigenvalue weighted by Gasteiger charge is -2.23. The van der Waals surface area contributed by atoms with Crippen molar-refractivity contribution in [2.75, 3.05) is 11.9 Å². The van der Waals surface area contributed by atoms with E-state index in [4.69, 9.17) is 0 Å². The van der Waals surface area contributed by atoms with E-state index in [0.29, 0.717) is 0 Å². The molecule has 0 unspecified atom stereocenters. The fourth-order valence-corrected chi connectivity index (χ4v) is 1.97. The summed E-state index contributed by atoms with van der Waals surface area (Å²) < 4.78 is 42.5. The van der Waals surface area contributed by atoms with Crippen LogP contribution in [0.5, 0.6) is 0 Å². The van der Waals surface area contributed by atoms with Crippen molar-refractivity contribution in [1.82, 2.24) is 5.32 Å². The van der Waals surface area contributed by atoms with Gasteiger partial charge in [0.1, 0.15) is 12.6 Å². The van der Waals surface area contributed by atoms with Gasteiger partial charge in [-0.15, -0.1) is 0 Å². The summed E-state index contributed by atoms with van der Waals surface area (Å²) in [7, 11) is 0. The summed E-state index contributed by atoms with van der Waals surface area (Å²) in [4.78, 5) is 34.1. The third kappa shape index (κ3) is 6.82. The number of halogens is 3. The van der Waals surface area contributed by atoms with Crippen LogP contribution in [0.15, 0.2) is 24.3 Å². The molecule has 1 atom stereocenters. The lowest BCUT2D eigenvalue weighted by atomic mass is 10.0. The van der Waals surface area contributed by atoms with E-state index in [0.717, 1.165) is 19.1 Å². The normalized spacial score (nSPS) is 12.4. The molecule has 0 aliphatic carbocycles. The Morgan fingerprint density at radius 1 is 1.20 bits per heavy atom. The lowest BCUT2D eigenvalue weighted by molar-refractivity contribution is -0.158. The van der Waals surface area contributed by atoms with E-state index in [1.54, 1.807) is 13.8 Å². The summed E-state index contributed by atoms with van der Waals surface area (Å²) in [5, 5.41) is 5.01. The number of rotatable bonds is 6. The van der Waals surface area contributed by atoms with Crippen molar-refractivity contribution >= 4 is 23.5 Å². The van der Waals surface area contributed by atoms with Gasteiger partial charge in [0.25, 0.3) is 0 Å². The number of carbonyl (C=O) groups is 3. The topological polar surface area (TPSA) is 84.5 Å². The first-order valence-electron chi connectivity index (χ1n) is 7.43. The monoisotopic (exact) mass is 360 g/mol. The minimum atomic E-state index is -4.50. The molecule has 9 heteroatoms. The molecular formula is C16H19F3N2O4. The van der Waals surface area contributed by atoms with Gasteiger partial charge in [-0.25, -0.2) is 4.79 Å². The molecule has 1 aromatic carbocycles. The molecule has 0 fully saturated rings. The molecule has 0 spiro atoms. The van der Waals surface area contributed by atoms with Gasteiger partial charge < -0.3 is 15.4 Å². The first-order valence-corrected chi connectivity index (χ1v) is 7.43. The maximum atomic E-state index is 12.8. The number of esters is 2. The highest BCUT2D eigenvalue weighted by atomic mass is 19.4. The molecule has 1 amide bonds. The number of hydrogen-bond acceptors (Lipinski definition) is 5. The third-order valence-electron chi connectivity index (χ3n) is 3.13. The Hall–Kier alpha value is -2.58. The minimum Gasteiger partial charge on any atom is -0.392 e. The zero-order valence-corrected chi connectivity index (χ0v) is 13.9. The second kappa shape index (κ2) is 8.50. The van der Waals surface area contributed by atoms with Gasteiger partial charge in [-0.3, -0.25) is 9.59 Å². The first-order chi connectivity index (χ1) is 11.5. The number of alkyl halides is 3. The van der Waals surface area contributed by atoms with Crippen molar-refractivity contribution in [2.24, 2.45) is 5.92 Å². The first kappa shape index (κ1) is 20.5. The van der Waals surface area contributed by atoms with E-state index in [9.17, 15) is 27.6 Å². The van der Waals surface area contributed by atoms with Crippen LogP contribution in [0.2, 0.25) is 0 Å². The quantitative estimate of drug-likeness (QED) is 0.601. The van der Waals surface area contributed by atoms with Gasteiger partial charge in [0.05, 0.1) is 5.56 Å². The van der Waals surface area contributed by atoms with Gasteiger partial charge in [0.2, 0.25) is 5.91 Å². The van der Waals surface area contributed by atoms with Crippen LogP contribution in [0, 0.1) is 5.92 Å². The average Bonchev–Trinajstić information content (AvgIpc) is 2.48. The molecule has 0 radical (unpaired) electrons. The zero-order chi connectivity index (χ0) is 19.2. The molecule has 0 saturated heterocycles. The van der Waals surface area contributed by atoms with Crippen LogP contribution < -0.4 is 10.6 Å². The van der Waals surface area contributed by atoms with Gasteiger partial charge in [0.15, 0.2) is 0 Å². The summed E-state index contributed by atoms with van der Waals surface area (Å²) >= 11 is 0. The number of benzene rings is 1. The Labute approximate surface area is 142 Å². The maximum Gasteiger partial charge on any atom is 0.416 e. The van der Waals surface area contributed by atoms with Crippen LogP contribution in [0.3, 0.4) is 0 Å². The fourth-order valence-electron chi connectivity index (χ4n) is 1.97. The van der Waals surface area contributed by atoms with E-state index in [1.807, 2.05) is 0 Å². The number of nitrogens with one attached hydrogen (secondary N) is 2. The van der Waals surface area contributed by atoms with Crippen molar-refractivity contribution in [1.29, 1.82) is 0 Å². The van der Waals surface area contributed by atoms with Crippen LogP contribution in [0.1, 0.15) is 26.3 Å². The average molecular weight is 360 g/mol. The fraction of sp³-hybridized carbons (Fsp3) is 0.438. The van der Waals surface area contributed by atoms with E-state index in [-0.39, 0.29) is 11.6 Å². The van der Waals surface area contributed by atoms with Gasteiger partial charge in [0, 0.05) is 12.6 Å². The molecular weight excluding hydrogens is 341 g/mol. The van der Waals surface area contributed by atoms with Crippen LogP contribution in [0.25, 0.3) is 0 Å². The standard InChI is InChI=1S/C16H19F3N2O4/c1-9(2)14(15(24)20-8-13(23)25-10(3)22)21-12-6-4-5-11(7-12)16(17,18)19/h4-7,9,14,21H,8H2,1-3H3,(H,20,24)/t14-/m0/s1. The highest BCUT2D eigenvalue weighted by Crippen LogP contribution is 2.31. The van der Waals surface area contributed by atoms with Gasteiger partial charge in [-0.2, -0.15) is 13.2 Å². The van der Waals surface area contributed by atoms with Crippen LogP contribution in [0.4, 0.5) is 18.9 Å². The zero-order valence-electron chi connectivity index (χ0n) is 13.9. The van der Waals surface area contributed by atoms with Gasteiger partial charge in [-0.1, -0.05) is 19.9 Å². The largest absolute Gasteiger partial charge is 0.416 e. The molecule has 0 heterocycles. The molecule has 0 aromatic heterocycles. The van der Waals surface area contributed by atoms with Crippen molar-refractivity contribution in [3.05, 3.63) is 29.8 Å². The van der Waals surface area contributed by atoms with Crippen molar-refractivity contribution in [3.63, 3.8) is 0 Å². The number of anilines is 1. The van der Waals surface area contributed by atoms with E-state index >= 15 is 0 Å². The molecule has 0 aliphatic heterocycles. The third-order valence-corrected chi connectivity index (χ3v) is 3.13. The Morgan fingerprint density at radius 3 is 2.36 bits per heavy atom. The molecule has 1 aromatic rings. The number of ether oxygens (including phenoxy) is 1. The predicted molar refractivity (Wildman–Crippen MR) is 83.5 cm³/mol. The summed E-state index contributed by atoms with van der Waals surface area (Å²) in [6.07, 6.45) is -4.50. The van der Waals surface area contributed by atoms with Crippen LogP contribution in [-0.4, -0.2) is 30.4 Å². The summed E-state index contributed by atoms with van der Waals surface area (Å²) in [6, 6.07) is 3.57. The Balaban J connectivity index is 2.79. The highest BCUT2D eigenvalue weighted by Gasteiger charge is 2.31. The Morgan fingerprint density at radius 2 is 1.84 bits per heavy atom. The number of amides is 1. The lowest BCUT2D eigenvalue weighted by Crippen LogP contribution is -2.45. The number of carbonyl (C=O) groups excluding carboxylic acids is 3. The second-order valence-electron chi connectivity index (χ2n) is 5.63. The molecule has 138 valence electrons. The minimum absolute atomic E-state index is 0.120. The molecule has 6 nitrogen and oxygen atoms in total. The molecule has 0 bridgehead atoms. The molecule has 0 aliphatic rings. The van der Waals surface area contributed by atoms with Crippen molar-refractivity contribution < 1.29 is 32.3 Å². The summed E-state index contributed by atoms with van der Waals surface area (Å²) in [5.41, 5.74) is -0.722. The van der Waals surface area contributed by atoms with Crippen molar-refractivity contribution in [2.45, 2.75) is 33.0 Å². The van der Waals surface area contributed by atoms with Crippen molar-refractivity contribution in [3.8, 4) is 0 Å². The van der Waals surface area contributed by atoms with E-state index in [2.05, 4.69) is 15.4 Å². The van der Waals surface area contributed by atoms with Gasteiger partial charge in [-0.05, 0) is 24.1 Å². The second-order valence-corrected chi connectivity index (χ2v) is 5.63. The summed E-state index contributed by atoms with van der Waals surface area (Å²) in [6.45, 7) is 3.91. The Bertz CT molecular complexity index is 645. The number of hydrogen-bond donors (Lipinski definition) is 2. The van der Waals surface area contributed by atoms with Crippen LogP contribution >= 0.6 is 0 Å². The predicted octanol–water partition coefficient (Wildman–Crippen LogP) is 2.35.